The first-order chi connectivity index (χ1) is 11.1. The Bertz CT molecular complexity index is 798. The van der Waals surface area contributed by atoms with Gasteiger partial charge < -0.3 is 10.1 Å². The molecular weight excluding hydrogens is 293 g/mol. The number of H-pyrrole nitrogens is 1. The van der Waals surface area contributed by atoms with Gasteiger partial charge in [0.15, 0.2) is 11.6 Å². The smallest absolute Gasteiger partial charge is 0.165 e. The minimum absolute atomic E-state index is 0.0385. The summed E-state index contributed by atoms with van der Waals surface area (Å²) in [5.41, 5.74) is 3.06. The summed E-state index contributed by atoms with van der Waals surface area (Å²) in [5.74, 6) is -0.0281. The number of hydrogen-bond acceptors (Lipinski definition) is 3. The lowest BCUT2D eigenvalue weighted by Crippen LogP contribution is -2.13. The molecule has 0 aliphatic carbocycles. The Balaban J connectivity index is 1.62. The normalized spacial score (nSPS) is 11.3. The molecule has 0 amide bonds. The van der Waals surface area contributed by atoms with Crippen LogP contribution in [0, 0.1) is 5.82 Å². The Morgan fingerprint density at radius 3 is 2.87 bits per heavy atom. The molecular formula is C18H20FN3O. The van der Waals surface area contributed by atoms with Crippen LogP contribution < -0.4 is 10.1 Å². The summed E-state index contributed by atoms with van der Waals surface area (Å²) in [6, 6.07) is 11.2. The van der Waals surface area contributed by atoms with Gasteiger partial charge in [-0.05, 0) is 37.1 Å². The first-order valence-corrected chi connectivity index (χ1v) is 7.70. The van der Waals surface area contributed by atoms with E-state index >= 15 is 0 Å². The van der Waals surface area contributed by atoms with E-state index in [4.69, 9.17) is 4.74 Å². The molecule has 4 nitrogen and oxygen atoms in total. The van der Waals surface area contributed by atoms with Crippen LogP contribution in [-0.2, 0) is 13.1 Å². The van der Waals surface area contributed by atoms with Crippen LogP contribution in [0.3, 0.4) is 0 Å². The van der Waals surface area contributed by atoms with Crippen molar-refractivity contribution in [1.82, 2.24) is 15.5 Å². The largest absolute Gasteiger partial charge is 0.488 e. The molecule has 5 heteroatoms. The average molecular weight is 313 g/mol. The third-order valence-electron chi connectivity index (χ3n) is 3.57. The minimum atomic E-state index is -0.325. The van der Waals surface area contributed by atoms with E-state index in [0.717, 1.165) is 22.0 Å². The van der Waals surface area contributed by atoms with Gasteiger partial charge in [0, 0.05) is 18.5 Å². The van der Waals surface area contributed by atoms with Crippen molar-refractivity contribution in [3.05, 3.63) is 59.5 Å². The number of nitrogens with one attached hydrogen (secondary N) is 2. The third kappa shape index (κ3) is 3.68. The van der Waals surface area contributed by atoms with Gasteiger partial charge in [-0.15, -0.1) is 0 Å². The second-order valence-corrected chi connectivity index (χ2v) is 5.79. The quantitative estimate of drug-likeness (QED) is 0.728. The van der Waals surface area contributed by atoms with Crippen molar-refractivity contribution in [2.75, 3.05) is 0 Å². The summed E-state index contributed by atoms with van der Waals surface area (Å²) < 4.78 is 19.4. The molecule has 0 aliphatic rings. The lowest BCUT2D eigenvalue weighted by molar-refractivity contribution is 0.231. The zero-order valence-electron chi connectivity index (χ0n) is 13.3. The Kier molecular flexibility index (Phi) is 4.57. The van der Waals surface area contributed by atoms with Crippen LogP contribution in [0.25, 0.3) is 10.9 Å². The minimum Gasteiger partial charge on any atom is -0.488 e. The molecule has 2 N–H and O–H groups in total. The van der Waals surface area contributed by atoms with E-state index in [0.29, 0.717) is 18.8 Å². The Labute approximate surface area is 134 Å². The molecule has 0 spiro atoms. The zero-order valence-corrected chi connectivity index (χ0v) is 13.3. The summed E-state index contributed by atoms with van der Waals surface area (Å²) in [4.78, 5) is 0. The summed E-state index contributed by atoms with van der Waals surface area (Å²) in [5, 5.41) is 11.5. The second kappa shape index (κ2) is 6.79. The maximum absolute atomic E-state index is 14.0. The Morgan fingerprint density at radius 1 is 1.22 bits per heavy atom. The lowest BCUT2D eigenvalue weighted by atomic mass is 10.1. The molecule has 0 unspecified atom stereocenters. The zero-order chi connectivity index (χ0) is 16.2. The molecule has 0 radical (unpaired) electrons. The van der Waals surface area contributed by atoms with Gasteiger partial charge in [-0.3, -0.25) is 5.10 Å². The third-order valence-corrected chi connectivity index (χ3v) is 3.57. The first kappa shape index (κ1) is 15.5. The van der Waals surface area contributed by atoms with Crippen molar-refractivity contribution in [1.29, 1.82) is 0 Å². The van der Waals surface area contributed by atoms with Gasteiger partial charge >= 0.3 is 0 Å². The number of nitrogens with zero attached hydrogens (tertiary/aromatic N) is 1. The standard InChI is InChI=1S/C18H20FN3O/c1-12(2)23-17-7-6-13(8-16(17)19)9-20-10-14-4-3-5-15-11-21-22-18(14)15/h3-8,11-12,20H,9-10H2,1-2H3,(H,21,22). The molecule has 23 heavy (non-hydrogen) atoms. The molecule has 0 fully saturated rings. The number of hydrogen-bond donors (Lipinski definition) is 2. The van der Waals surface area contributed by atoms with Crippen molar-refractivity contribution in [2.24, 2.45) is 0 Å². The lowest BCUT2D eigenvalue weighted by Gasteiger charge is -2.12. The molecule has 0 saturated heterocycles. The van der Waals surface area contributed by atoms with Gasteiger partial charge in [0.2, 0.25) is 0 Å². The average Bonchev–Trinajstić information content (AvgIpc) is 2.99. The monoisotopic (exact) mass is 313 g/mol. The number of ether oxygens (including phenoxy) is 1. The van der Waals surface area contributed by atoms with Crippen LogP contribution in [0.5, 0.6) is 5.75 Å². The summed E-state index contributed by atoms with van der Waals surface area (Å²) in [6.45, 7) is 5.03. The molecule has 1 aromatic heterocycles. The van der Waals surface area contributed by atoms with Crippen LogP contribution >= 0.6 is 0 Å². The number of benzene rings is 2. The van der Waals surface area contributed by atoms with E-state index in [1.54, 1.807) is 6.07 Å². The Hall–Kier alpha value is -2.40. The molecule has 2 aromatic carbocycles. The SMILES string of the molecule is CC(C)Oc1ccc(CNCc2cccc3cn[nH]c23)cc1F. The van der Waals surface area contributed by atoms with Gasteiger partial charge in [0.1, 0.15) is 0 Å². The van der Waals surface area contributed by atoms with Crippen LogP contribution in [0.15, 0.2) is 42.6 Å². The summed E-state index contributed by atoms with van der Waals surface area (Å²) in [7, 11) is 0. The number of halogens is 1. The number of fused-ring (bicyclic) bond motifs is 1. The number of aromatic amines is 1. The molecule has 120 valence electrons. The fraction of sp³-hybridized carbons (Fsp3) is 0.278. The van der Waals surface area contributed by atoms with Crippen molar-refractivity contribution >= 4 is 10.9 Å². The first-order valence-electron chi connectivity index (χ1n) is 7.70. The van der Waals surface area contributed by atoms with Crippen LogP contribution in [0.1, 0.15) is 25.0 Å². The Morgan fingerprint density at radius 2 is 2.09 bits per heavy atom. The summed E-state index contributed by atoms with van der Waals surface area (Å²) in [6.07, 6.45) is 1.77. The number of rotatable bonds is 6. The molecule has 0 bridgehead atoms. The fourth-order valence-electron chi connectivity index (χ4n) is 2.52. The molecule has 3 rings (SSSR count). The maximum Gasteiger partial charge on any atom is 0.165 e. The second-order valence-electron chi connectivity index (χ2n) is 5.79. The number of aromatic nitrogens is 2. The van der Waals surface area contributed by atoms with Gasteiger partial charge in [-0.2, -0.15) is 5.10 Å². The van der Waals surface area contributed by atoms with E-state index in [2.05, 4.69) is 15.5 Å². The fourth-order valence-corrected chi connectivity index (χ4v) is 2.52. The van der Waals surface area contributed by atoms with E-state index < -0.39 is 0 Å². The molecule has 0 atom stereocenters. The van der Waals surface area contributed by atoms with Crippen molar-refractivity contribution in [2.45, 2.75) is 33.0 Å². The topological polar surface area (TPSA) is 49.9 Å². The highest BCUT2D eigenvalue weighted by Gasteiger charge is 2.07. The van der Waals surface area contributed by atoms with Gasteiger partial charge in [-0.1, -0.05) is 24.3 Å². The maximum atomic E-state index is 14.0. The summed E-state index contributed by atoms with van der Waals surface area (Å²) >= 11 is 0. The van der Waals surface area contributed by atoms with Crippen molar-refractivity contribution in [3.63, 3.8) is 0 Å². The highest BCUT2D eigenvalue weighted by atomic mass is 19.1. The van der Waals surface area contributed by atoms with Crippen LogP contribution in [-0.4, -0.2) is 16.3 Å². The van der Waals surface area contributed by atoms with E-state index in [1.165, 1.54) is 6.07 Å². The number of para-hydroxylation sites is 1. The highest BCUT2D eigenvalue weighted by molar-refractivity contribution is 5.81. The molecule has 0 saturated carbocycles. The van der Waals surface area contributed by atoms with Crippen molar-refractivity contribution in [3.8, 4) is 5.75 Å². The van der Waals surface area contributed by atoms with Crippen molar-refractivity contribution < 1.29 is 9.13 Å². The molecule has 0 aliphatic heterocycles. The van der Waals surface area contributed by atoms with Gasteiger partial charge in [0.25, 0.3) is 0 Å². The van der Waals surface area contributed by atoms with E-state index in [-0.39, 0.29) is 11.9 Å². The molecule has 3 aromatic rings. The predicted octanol–water partition coefficient (Wildman–Crippen LogP) is 3.78. The van der Waals surface area contributed by atoms with E-state index in [9.17, 15) is 4.39 Å². The van der Waals surface area contributed by atoms with Gasteiger partial charge in [-0.25, -0.2) is 4.39 Å². The van der Waals surface area contributed by atoms with Crippen LogP contribution in [0.2, 0.25) is 0 Å². The molecule has 1 heterocycles. The highest BCUT2D eigenvalue weighted by Crippen LogP contribution is 2.20. The van der Waals surface area contributed by atoms with Crippen LogP contribution in [0.4, 0.5) is 4.39 Å². The predicted molar refractivity (Wildman–Crippen MR) is 88.8 cm³/mol. The van der Waals surface area contributed by atoms with Gasteiger partial charge in [0.05, 0.1) is 17.8 Å². The van der Waals surface area contributed by atoms with E-state index in [1.807, 2.05) is 44.3 Å².